The number of allylic oxidation sites excluding steroid dienone is 1. The molecule has 4 aromatic rings. The van der Waals surface area contributed by atoms with Crippen LogP contribution in [0.5, 0.6) is 11.5 Å². The summed E-state index contributed by atoms with van der Waals surface area (Å²) < 4.78 is 10.9. The van der Waals surface area contributed by atoms with Gasteiger partial charge in [-0.05, 0) is 55.3 Å². The molecule has 170 valence electrons. The van der Waals surface area contributed by atoms with Gasteiger partial charge in [-0.1, -0.05) is 0 Å². The molecule has 0 radical (unpaired) electrons. The third-order valence-corrected chi connectivity index (χ3v) is 5.98. The van der Waals surface area contributed by atoms with Crippen LogP contribution >= 0.6 is 0 Å². The zero-order valence-electron chi connectivity index (χ0n) is 19.0. The molecular formula is C25H28N6O2. The van der Waals surface area contributed by atoms with E-state index in [2.05, 4.69) is 50.7 Å². The third kappa shape index (κ3) is 4.12. The highest BCUT2D eigenvalue weighted by atomic mass is 16.5. The van der Waals surface area contributed by atoms with E-state index < -0.39 is 5.79 Å². The number of aliphatic imine (C=N–C) groups is 1. The molecular weight excluding hydrogens is 416 g/mol. The lowest BCUT2D eigenvalue weighted by molar-refractivity contribution is 0.355. The largest absolute Gasteiger partial charge is 0.493 e. The van der Waals surface area contributed by atoms with Crippen LogP contribution in [-0.2, 0) is 6.42 Å². The number of benzene rings is 2. The summed E-state index contributed by atoms with van der Waals surface area (Å²) in [4.78, 5) is 11.2. The van der Waals surface area contributed by atoms with Gasteiger partial charge >= 0.3 is 0 Å². The van der Waals surface area contributed by atoms with Crippen molar-refractivity contribution >= 4 is 33.7 Å². The molecule has 1 unspecified atom stereocenters. The van der Waals surface area contributed by atoms with E-state index in [0.717, 1.165) is 51.0 Å². The molecule has 0 spiro atoms. The molecule has 8 heteroatoms. The minimum absolute atomic E-state index is 0.611. The average Bonchev–Trinajstić information content (AvgIpc) is 3.38. The van der Waals surface area contributed by atoms with Crippen LogP contribution in [0.25, 0.3) is 21.8 Å². The van der Waals surface area contributed by atoms with Crippen molar-refractivity contribution in [3.63, 3.8) is 0 Å². The monoisotopic (exact) mass is 444 g/mol. The minimum Gasteiger partial charge on any atom is -0.493 e. The van der Waals surface area contributed by atoms with Gasteiger partial charge in [0.25, 0.3) is 0 Å². The van der Waals surface area contributed by atoms with E-state index in [4.69, 9.17) is 15.2 Å². The number of nitrogens with zero attached hydrogens (tertiary/aromatic N) is 1. The smallest absolute Gasteiger partial charge is 0.183 e. The predicted molar refractivity (Wildman–Crippen MR) is 133 cm³/mol. The molecule has 3 heterocycles. The van der Waals surface area contributed by atoms with Crippen LogP contribution in [0.2, 0.25) is 0 Å². The lowest BCUT2D eigenvalue weighted by Crippen LogP contribution is -2.54. The molecule has 1 aliphatic heterocycles. The molecule has 6 N–H and O–H groups in total. The van der Waals surface area contributed by atoms with Crippen LogP contribution in [0, 0.1) is 6.92 Å². The maximum atomic E-state index is 6.61. The van der Waals surface area contributed by atoms with E-state index in [0.29, 0.717) is 17.9 Å². The second-order valence-electron chi connectivity index (χ2n) is 8.35. The zero-order chi connectivity index (χ0) is 23.0. The Kier molecular flexibility index (Phi) is 5.22. The molecule has 0 fully saturated rings. The second kappa shape index (κ2) is 8.22. The molecule has 2 aromatic heterocycles. The number of ether oxygens (including phenoxy) is 2. The first-order valence-corrected chi connectivity index (χ1v) is 10.9. The molecule has 1 atom stereocenters. The minimum atomic E-state index is -0.911. The molecule has 2 aromatic carbocycles. The Balaban J connectivity index is 1.29. The number of nitrogens with two attached hydrogens (primary N) is 1. The molecule has 33 heavy (non-hydrogen) atoms. The summed E-state index contributed by atoms with van der Waals surface area (Å²) in [6, 6.07) is 12.3. The topological polar surface area (TPSA) is 112 Å². The SMILES string of the molecule is COc1cc2[nH]cc(CCC3(N)N=CC=C(Nc4ccc5[nH]c(C)cc5c4)N3)c2cc1OC. The molecule has 1 aliphatic rings. The van der Waals surface area contributed by atoms with Gasteiger partial charge in [-0.25, -0.2) is 0 Å². The van der Waals surface area contributed by atoms with Crippen molar-refractivity contribution < 1.29 is 9.47 Å². The van der Waals surface area contributed by atoms with Gasteiger partial charge in [-0.3, -0.25) is 10.7 Å². The lowest BCUT2D eigenvalue weighted by Gasteiger charge is -2.31. The van der Waals surface area contributed by atoms with Crippen molar-refractivity contribution in [3.05, 3.63) is 65.7 Å². The number of aromatic nitrogens is 2. The van der Waals surface area contributed by atoms with E-state index in [1.807, 2.05) is 30.5 Å². The van der Waals surface area contributed by atoms with Crippen LogP contribution in [0.15, 0.2) is 59.5 Å². The number of rotatable bonds is 7. The van der Waals surface area contributed by atoms with Crippen LogP contribution in [0.4, 0.5) is 5.69 Å². The number of hydrogen-bond donors (Lipinski definition) is 5. The highest BCUT2D eigenvalue weighted by molar-refractivity contribution is 5.87. The molecule has 0 bridgehead atoms. The number of methoxy groups -OCH3 is 2. The van der Waals surface area contributed by atoms with Gasteiger partial charge in [0.15, 0.2) is 17.3 Å². The first-order valence-electron chi connectivity index (χ1n) is 10.9. The van der Waals surface area contributed by atoms with Crippen LogP contribution in [0.1, 0.15) is 17.7 Å². The highest BCUT2D eigenvalue weighted by Gasteiger charge is 2.26. The normalized spacial score (nSPS) is 17.8. The number of fused-ring (bicyclic) bond motifs is 2. The van der Waals surface area contributed by atoms with Crippen molar-refractivity contribution in [2.75, 3.05) is 19.5 Å². The number of H-pyrrole nitrogens is 2. The van der Waals surface area contributed by atoms with Crippen molar-refractivity contribution in [1.29, 1.82) is 0 Å². The predicted octanol–water partition coefficient (Wildman–Crippen LogP) is 4.15. The average molecular weight is 445 g/mol. The Morgan fingerprint density at radius 2 is 1.88 bits per heavy atom. The third-order valence-electron chi connectivity index (χ3n) is 5.98. The van der Waals surface area contributed by atoms with Gasteiger partial charge in [-0.15, -0.1) is 0 Å². The highest BCUT2D eigenvalue weighted by Crippen LogP contribution is 2.34. The molecule has 5 rings (SSSR count). The summed E-state index contributed by atoms with van der Waals surface area (Å²) in [5.41, 5.74) is 12.0. The van der Waals surface area contributed by atoms with Gasteiger partial charge in [0, 0.05) is 58.1 Å². The maximum Gasteiger partial charge on any atom is 0.183 e. The number of anilines is 1. The van der Waals surface area contributed by atoms with E-state index in [-0.39, 0.29) is 0 Å². The molecule has 0 amide bonds. The molecule has 8 nitrogen and oxygen atoms in total. The van der Waals surface area contributed by atoms with Crippen LogP contribution < -0.4 is 25.8 Å². The lowest BCUT2D eigenvalue weighted by atomic mass is 10.0. The number of aromatic amines is 2. The van der Waals surface area contributed by atoms with Crippen LogP contribution in [0.3, 0.4) is 0 Å². The summed E-state index contributed by atoms with van der Waals surface area (Å²) in [7, 11) is 3.27. The number of aryl methyl sites for hydroxylation is 2. The van der Waals surface area contributed by atoms with Crippen molar-refractivity contribution in [1.82, 2.24) is 15.3 Å². The zero-order valence-corrected chi connectivity index (χ0v) is 19.0. The van der Waals surface area contributed by atoms with Gasteiger partial charge in [-0.2, -0.15) is 0 Å². The van der Waals surface area contributed by atoms with Crippen molar-refractivity contribution in [3.8, 4) is 11.5 Å². The summed E-state index contributed by atoms with van der Waals surface area (Å²) in [6.45, 7) is 2.05. The second-order valence-corrected chi connectivity index (χ2v) is 8.35. The molecule has 0 saturated carbocycles. The van der Waals surface area contributed by atoms with E-state index in [1.54, 1.807) is 20.4 Å². The summed E-state index contributed by atoms with van der Waals surface area (Å²) in [5, 5.41) is 9.01. The molecule has 0 saturated heterocycles. The van der Waals surface area contributed by atoms with Gasteiger partial charge in [0.05, 0.1) is 14.2 Å². The Morgan fingerprint density at radius 3 is 2.70 bits per heavy atom. The first-order chi connectivity index (χ1) is 16.0. The first kappa shape index (κ1) is 21.0. The van der Waals surface area contributed by atoms with E-state index in [1.165, 1.54) is 0 Å². The Bertz CT molecular complexity index is 1380. The fourth-order valence-corrected chi connectivity index (χ4v) is 4.30. The van der Waals surface area contributed by atoms with Crippen molar-refractivity contribution in [2.45, 2.75) is 25.6 Å². The standard InChI is InChI=1S/C25H28N6O2/c1-15-10-17-11-18(4-5-20(17)29-15)30-24-7-9-28-25(26,31-24)8-6-16-14-27-21-13-23(33-3)22(32-2)12-19(16)21/h4-5,7,9-14,27,29-31H,6,8,26H2,1-3H3. The van der Waals surface area contributed by atoms with Gasteiger partial charge in [0.2, 0.25) is 0 Å². The van der Waals surface area contributed by atoms with Gasteiger partial charge in [0.1, 0.15) is 5.82 Å². The van der Waals surface area contributed by atoms with E-state index >= 15 is 0 Å². The fourth-order valence-electron chi connectivity index (χ4n) is 4.30. The Hall–Kier alpha value is -3.91. The summed E-state index contributed by atoms with van der Waals surface area (Å²) in [6.07, 6.45) is 6.99. The Labute approximate surface area is 191 Å². The fraction of sp³-hybridized carbons (Fsp3) is 0.240. The maximum absolute atomic E-state index is 6.61. The van der Waals surface area contributed by atoms with E-state index in [9.17, 15) is 0 Å². The summed E-state index contributed by atoms with van der Waals surface area (Å²) >= 11 is 0. The number of nitrogens with one attached hydrogen (secondary N) is 4. The summed E-state index contributed by atoms with van der Waals surface area (Å²) in [5.74, 6) is 1.29. The van der Waals surface area contributed by atoms with Gasteiger partial charge < -0.3 is 30.1 Å². The Morgan fingerprint density at radius 1 is 1.06 bits per heavy atom. The van der Waals surface area contributed by atoms with Crippen molar-refractivity contribution in [2.24, 2.45) is 10.7 Å². The number of hydrogen-bond acceptors (Lipinski definition) is 6. The molecule has 0 aliphatic carbocycles. The quantitative estimate of drug-likeness (QED) is 0.294. The van der Waals surface area contributed by atoms with Crippen LogP contribution in [-0.4, -0.2) is 36.2 Å².